The molecule has 0 fully saturated rings. The molecule has 306 valence electrons. The molecule has 0 spiro atoms. The maximum atomic E-state index is 12.4. The first-order chi connectivity index (χ1) is 25.8. The number of nitrogens with zero attached hydrogens (tertiary/aromatic N) is 5. The van der Waals surface area contributed by atoms with Crippen molar-refractivity contribution >= 4 is 29.1 Å². The molecule has 0 aliphatic heterocycles. The van der Waals surface area contributed by atoms with Gasteiger partial charge in [0.1, 0.15) is 30.6 Å². The van der Waals surface area contributed by atoms with Crippen LogP contribution in [0.1, 0.15) is 116 Å². The largest absolute Gasteiger partial charge is 0.462 e. The molecule has 2 aromatic heterocycles. The zero-order chi connectivity index (χ0) is 42.1. The molecular weight excluding hydrogens is 690 g/mol. The van der Waals surface area contributed by atoms with Crippen molar-refractivity contribution < 1.29 is 38.5 Å². The molecule has 2 aromatic rings. The van der Waals surface area contributed by atoms with Crippen LogP contribution in [-0.4, -0.2) is 87.6 Å². The lowest BCUT2D eigenvalue weighted by Gasteiger charge is -2.24. The lowest BCUT2D eigenvalue weighted by atomic mass is 9.91. The highest BCUT2D eigenvalue weighted by atomic mass is 16.6. The van der Waals surface area contributed by atoms with E-state index < -0.39 is 18.0 Å². The predicted molar refractivity (Wildman–Crippen MR) is 217 cm³/mol. The number of Topliss-reactive ketones (excluding diaryl/α,β-unsaturated/α-hetero) is 1. The highest BCUT2D eigenvalue weighted by Gasteiger charge is 2.24. The van der Waals surface area contributed by atoms with Crippen molar-refractivity contribution in [3.8, 4) is 17.7 Å². The molecule has 0 aromatic carbocycles. The Balaban J connectivity index is -0.00000236. The number of esters is 1. The molecule has 13 nitrogen and oxygen atoms in total. The van der Waals surface area contributed by atoms with E-state index in [9.17, 15) is 19.5 Å². The predicted octanol–water partition coefficient (Wildman–Crippen LogP) is 7.47. The normalized spacial score (nSPS) is 12.8. The van der Waals surface area contributed by atoms with Gasteiger partial charge in [-0.15, -0.1) is 11.8 Å². The van der Waals surface area contributed by atoms with Crippen LogP contribution in [0.4, 0.5) is 0 Å². The van der Waals surface area contributed by atoms with Gasteiger partial charge in [0.05, 0.1) is 32.0 Å². The second-order valence-electron chi connectivity index (χ2n) is 11.4. The Morgan fingerprint density at radius 1 is 0.944 bits per heavy atom. The number of carbonyl (C=O) groups is 3. The van der Waals surface area contributed by atoms with Crippen LogP contribution in [-0.2, 0) is 40.0 Å². The van der Waals surface area contributed by atoms with Gasteiger partial charge in [0, 0.05) is 49.1 Å². The van der Waals surface area contributed by atoms with Crippen molar-refractivity contribution in [2.75, 3.05) is 26.4 Å². The fourth-order valence-electron chi connectivity index (χ4n) is 3.92. The minimum Gasteiger partial charge on any atom is -0.462 e. The van der Waals surface area contributed by atoms with Gasteiger partial charge < -0.3 is 24.2 Å². The van der Waals surface area contributed by atoms with Crippen molar-refractivity contribution in [3.05, 3.63) is 42.4 Å². The summed E-state index contributed by atoms with van der Waals surface area (Å²) in [4.78, 5) is 50.2. The van der Waals surface area contributed by atoms with Crippen LogP contribution < -0.4 is 0 Å². The summed E-state index contributed by atoms with van der Waals surface area (Å²) in [6.45, 7) is 27.9. The molecule has 1 N–H and O–H groups in total. The highest BCUT2D eigenvalue weighted by molar-refractivity contribution is 5.98. The number of pyridine rings is 1. The average Bonchev–Trinajstić information content (AvgIpc) is 3.73. The molecule has 0 bridgehead atoms. The molecule has 0 saturated carbocycles. The van der Waals surface area contributed by atoms with Crippen molar-refractivity contribution in [2.45, 2.75) is 129 Å². The number of aliphatic hydroxyl groups is 1. The summed E-state index contributed by atoms with van der Waals surface area (Å²) in [6.07, 6.45) is 4.02. The van der Waals surface area contributed by atoms with Gasteiger partial charge in [0.15, 0.2) is 5.82 Å². The third-order valence-corrected chi connectivity index (χ3v) is 6.85. The number of aliphatic imine (C=N–C) groups is 1. The van der Waals surface area contributed by atoms with Crippen LogP contribution in [0.5, 0.6) is 0 Å². The Hall–Kier alpha value is -4.25. The monoisotopic (exact) mass is 760 g/mol. The number of hydrogen-bond donors (Lipinski definition) is 1. The van der Waals surface area contributed by atoms with Gasteiger partial charge in [-0.25, -0.2) is 14.7 Å². The van der Waals surface area contributed by atoms with Crippen LogP contribution in [0.25, 0.3) is 5.82 Å². The van der Waals surface area contributed by atoms with Crippen LogP contribution in [0, 0.1) is 29.6 Å². The number of rotatable bonds is 19. The first-order valence-electron chi connectivity index (χ1n) is 18.9. The van der Waals surface area contributed by atoms with Crippen molar-refractivity contribution in [1.29, 1.82) is 0 Å². The topological polar surface area (TPSA) is 164 Å². The van der Waals surface area contributed by atoms with E-state index in [1.807, 2.05) is 101 Å². The van der Waals surface area contributed by atoms with E-state index in [1.54, 1.807) is 23.3 Å². The number of aliphatic hydroxyl groups excluding tert-OH is 1. The van der Waals surface area contributed by atoms with Crippen molar-refractivity contribution in [1.82, 2.24) is 14.8 Å². The number of hydrogen-bond acceptors (Lipinski definition) is 11. The number of aromatic nitrogens is 3. The number of amides is 1. The number of carbonyl (C=O) groups excluding carboxylic acids is 3. The summed E-state index contributed by atoms with van der Waals surface area (Å²) in [6, 6.07) is 5.49. The van der Waals surface area contributed by atoms with Crippen LogP contribution >= 0.6 is 0 Å². The van der Waals surface area contributed by atoms with Crippen molar-refractivity contribution in [2.24, 2.45) is 27.9 Å². The minimum atomic E-state index is -0.973. The van der Waals surface area contributed by atoms with Crippen LogP contribution in [0.15, 0.2) is 46.9 Å². The van der Waals surface area contributed by atoms with Gasteiger partial charge in [-0.05, 0) is 52.7 Å². The third kappa shape index (κ3) is 24.9. The molecule has 1 amide bonds. The van der Waals surface area contributed by atoms with E-state index in [2.05, 4.69) is 32.1 Å². The number of ether oxygens (including phenoxy) is 3. The SMILES string of the molecule is CC.CC.CC.CC#CC.CC(=O)N=C(C(C)C)C(C)C(C)OC/C(COCCC(=O)C(C)C(=O)OCC(C)O)=N\OCc1ccc(-n2cccn2)nc1. The molecular formula is C41H69N5O8. The second-order valence-corrected chi connectivity index (χ2v) is 11.4. The quantitative estimate of drug-likeness (QED) is 0.0380. The summed E-state index contributed by atoms with van der Waals surface area (Å²) in [5, 5.41) is 17.7. The number of ketones is 1. The first kappa shape index (κ1) is 54.1. The lowest BCUT2D eigenvalue weighted by molar-refractivity contribution is -0.153. The molecule has 4 unspecified atom stereocenters. The maximum Gasteiger partial charge on any atom is 0.316 e. The zero-order valence-corrected chi connectivity index (χ0v) is 35.6. The minimum absolute atomic E-state index is 0.0130. The Labute approximate surface area is 325 Å². The molecule has 54 heavy (non-hydrogen) atoms. The van der Waals surface area contributed by atoms with Crippen LogP contribution in [0.3, 0.4) is 0 Å². The maximum absolute atomic E-state index is 12.4. The van der Waals surface area contributed by atoms with Gasteiger partial charge in [-0.1, -0.05) is 73.5 Å². The summed E-state index contributed by atoms with van der Waals surface area (Å²) >= 11 is 0. The summed E-state index contributed by atoms with van der Waals surface area (Å²) in [5.41, 5.74) is 1.98. The lowest BCUT2D eigenvalue weighted by Crippen LogP contribution is -2.32. The smallest absolute Gasteiger partial charge is 0.316 e. The molecule has 0 aliphatic carbocycles. The zero-order valence-electron chi connectivity index (χ0n) is 35.6. The third-order valence-electron chi connectivity index (χ3n) is 6.85. The van der Waals surface area contributed by atoms with E-state index in [-0.39, 0.29) is 69.1 Å². The van der Waals surface area contributed by atoms with Crippen molar-refractivity contribution in [3.63, 3.8) is 0 Å². The average molecular weight is 760 g/mol. The first-order valence-corrected chi connectivity index (χ1v) is 18.9. The van der Waals surface area contributed by atoms with Gasteiger partial charge in [0.25, 0.3) is 0 Å². The highest BCUT2D eigenvalue weighted by Crippen LogP contribution is 2.16. The van der Waals surface area contributed by atoms with E-state index >= 15 is 0 Å². The van der Waals surface area contributed by atoms with E-state index in [1.165, 1.54) is 20.8 Å². The Morgan fingerprint density at radius 3 is 2.06 bits per heavy atom. The fraction of sp³-hybridized carbons (Fsp3) is 0.634. The molecule has 2 rings (SSSR count). The van der Waals surface area contributed by atoms with Gasteiger partial charge in [-0.3, -0.25) is 14.4 Å². The standard InChI is InChI=1S/C31H45N5O8.C4H6.3C2H6/c1-20(2)30(34-25(7)38)22(4)24(6)42-19-27(18-41-14-11-28(39)23(5)31(40)43-16-21(3)37)35-44-17-26-9-10-29(32-15-26)36-13-8-12-33-36;1-3-4-2;3*1-2/h8-10,12-13,15,20-24,37H,11,14,16-19H2,1-7H3;1-2H3;3*1-2H3/b34-30?,35-27-;;;;. The van der Waals surface area contributed by atoms with Gasteiger partial charge in [0.2, 0.25) is 5.91 Å². The van der Waals surface area contributed by atoms with E-state index in [0.717, 1.165) is 11.3 Å². The van der Waals surface area contributed by atoms with Crippen LogP contribution in [0.2, 0.25) is 0 Å². The Bertz CT molecular complexity index is 1370. The van der Waals surface area contributed by atoms with Gasteiger partial charge in [-0.2, -0.15) is 5.10 Å². The molecule has 2 heterocycles. The summed E-state index contributed by atoms with van der Waals surface area (Å²) < 4.78 is 18.3. The Kier molecular flexibility index (Phi) is 34.6. The second kappa shape index (κ2) is 34.5. The molecule has 0 radical (unpaired) electrons. The molecule has 0 saturated heterocycles. The summed E-state index contributed by atoms with van der Waals surface area (Å²) in [7, 11) is 0. The molecule has 0 aliphatic rings. The Morgan fingerprint density at radius 2 is 1.57 bits per heavy atom. The number of oxime groups is 1. The van der Waals surface area contributed by atoms with E-state index in [0.29, 0.717) is 11.5 Å². The van der Waals surface area contributed by atoms with Gasteiger partial charge >= 0.3 is 5.97 Å². The molecule has 13 heteroatoms. The fourth-order valence-corrected chi connectivity index (χ4v) is 3.92. The molecule has 4 atom stereocenters. The summed E-state index contributed by atoms with van der Waals surface area (Å²) in [5.74, 6) is 3.70. The van der Waals surface area contributed by atoms with E-state index in [4.69, 9.17) is 19.0 Å².